The van der Waals surface area contributed by atoms with Crippen LogP contribution in [0.5, 0.6) is 0 Å². The highest BCUT2D eigenvalue weighted by atomic mass is 35.5. The highest BCUT2D eigenvalue weighted by Crippen LogP contribution is 2.30. The number of rotatable bonds is 7. The molecular weight excluding hydrogens is 294 g/mol. The van der Waals surface area contributed by atoms with Crippen molar-refractivity contribution in [2.75, 3.05) is 20.3 Å². The number of nitrogens with zero attached hydrogens (tertiary/aromatic N) is 2. The van der Waals surface area contributed by atoms with Crippen LogP contribution in [-0.4, -0.2) is 30.2 Å². The summed E-state index contributed by atoms with van der Waals surface area (Å²) >= 11 is 7.57. The number of hydrogen-bond acceptors (Lipinski definition) is 5. The number of aromatic nitrogens is 2. The van der Waals surface area contributed by atoms with Crippen LogP contribution in [0.2, 0.25) is 5.02 Å². The number of benzene rings is 1. The van der Waals surface area contributed by atoms with Gasteiger partial charge in [-0.15, -0.1) is 0 Å². The van der Waals surface area contributed by atoms with E-state index in [4.69, 9.17) is 16.3 Å². The summed E-state index contributed by atoms with van der Waals surface area (Å²) in [6.45, 7) is 2.24. The van der Waals surface area contributed by atoms with Crippen molar-refractivity contribution in [1.82, 2.24) is 15.3 Å². The Morgan fingerprint density at radius 3 is 2.70 bits per heavy atom. The molecule has 0 aliphatic rings. The van der Waals surface area contributed by atoms with Crippen molar-refractivity contribution in [2.24, 2.45) is 0 Å². The zero-order valence-corrected chi connectivity index (χ0v) is 12.7. The predicted molar refractivity (Wildman–Crippen MR) is 81.2 cm³/mol. The van der Waals surface area contributed by atoms with Gasteiger partial charge < -0.3 is 10.1 Å². The molecule has 2 aromatic rings. The fraction of sp³-hybridized carbons (Fsp3) is 0.286. The van der Waals surface area contributed by atoms with Crippen LogP contribution in [0, 0.1) is 0 Å². The third-order valence-electron chi connectivity index (χ3n) is 2.53. The maximum absolute atomic E-state index is 6.11. The lowest BCUT2D eigenvalue weighted by molar-refractivity contribution is 0.199. The van der Waals surface area contributed by atoms with Crippen molar-refractivity contribution >= 4 is 23.4 Å². The van der Waals surface area contributed by atoms with Crippen molar-refractivity contribution in [3.63, 3.8) is 0 Å². The topological polar surface area (TPSA) is 47.0 Å². The van der Waals surface area contributed by atoms with Gasteiger partial charge in [-0.05, 0) is 23.9 Å². The van der Waals surface area contributed by atoms with Gasteiger partial charge in [0.25, 0.3) is 0 Å². The first-order valence-electron chi connectivity index (χ1n) is 6.22. The third-order valence-corrected chi connectivity index (χ3v) is 3.94. The molecule has 0 radical (unpaired) electrons. The molecule has 106 valence electrons. The van der Waals surface area contributed by atoms with Gasteiger partial charge in [0.2, 0.25) is 0 Å². The van der Waals surface area contributed by atoms with Gasteiger partial charge in [0, 0.05) is 43.1 Å². The van der Waals surface area contributed by atoms with E-state index in [2.05, 4.69) is 15.3 Å². The highest BCUT2D eigenvalue weighted by molar-refractivity contribution is 7.99. The molecule has 6 heteroatoms. The van der Waals surface area contributed by atoms with Gasteiger partial charge in [-0.1, -0.05) is 23.7 Å². The lowest BCUT2D eigenvalue weighted by atomic mass is 10.3. The zero-order valence-electron chi connectivity index (χ0n) is 11.2. The maximum atomic E-state index is 6.11. The summed E-state index contributed by atoms with van der Waals surface area (Å²) in [5, 5.41) is 4.66. The van der Waals surface area contributed by atoms with Gasteiger partial charge in [0.15, 0.2) is 5.16 Å². The number of ether oxygens (including phenoxy) is 1. The normalized spacial score (nSPS) is 10.7. The second-order valence-corrected chi connectivity index (χ2v) is 5.49. The van der Waals surface area contributed by atoms with Crippen LogP contribution >= 0.6 is 23.4 Å². The van der Waals surface area contributed by atoms with E-state index in [0.717, 1.165) is 23.5 Å². The van der Waals surface area contributed by atoms with Gasteiger partial charge in [0.1, 0.15) is 0 Å². The SMILES string of the molecule is COCCNCc1cnc(Sc2ccccc2Cl)nc1. The Morgan fingerprint density at radius 1 is 1.25 bits per heavy atom. The Hall–Kier alpha value is -1.14. The number of methoxy groups -OCH3 is 1. The fourth-order valence-electron chi connectivity index (χ4n) is 1.52. The Kier molecular flexibility index (Phi) is 6.26. The molecule has 20 heavy (non-hydrogen) atoms. The fourth-order valence-corrected chi connectivity index (χ4v) is 2.49. The second kappa shape index (κ2) is 8.21. The molecule has 0 saturated carbocycles. The summed E-state index contributed by atoms with van der Waals surface area (Å²) in [7, 11) is 1.69. The molecule has 0 unspecified atom stereocenters. The Bertz CT molecular complexity index is 536. The lowest BCUT2D eigenvalue weighted by Gasteiger charge is -2.05. The minimum absolute atomic E-state index is 0.693. The number of nitrogens with one attached hydrogen (secondary N) is 1. The summed E-state index contributed by atoms with van der Waals surface area (Å²) < 4.78 is 4.97. The van der Waals surface area contributed by atoms with Crippen molar-refractivity contribution in [2.45, 2.75) is 16.6 Å². The molecule has 4 nitrogen and oxygen atoms in total. The van der Waals surface area contributed by atoms with Crippen LogP contribution in [0.15, 0.2) is 46.7 Å². The van der Waals surface area contributed by atoms with Crippen LogP contribution in [0.25, 0.3) is 0 Å². The average Bonchev–Trinajstić information content (AvgIpc) is 2.48. The van der Waals surface area contributed by atoms with Crippen molar-refractivity contribution in [3.8, 4) is 0 Å². The van der Waals surface area contributed by atoms with Crippen LogP contribution in [-0.2, 0) is 11.3 Å². The van der Waals surface area contributed by atoms with E-state index >= 15 is 0 Å². The summed E-state index contributed by atoms with van der Waals surface area (Å²) in [4.78, 5) is 9.63. The van der Waals surface area contributed by atoms with E-state index in [1.54, 1.807) is 7.11 Å². The minimum Gasteiger partial charge on any atom is -0.383 e. The van der Waals surface area contributed by atoms with Crippen molar-refractivity contribution < 1.29 is 4.74 Å². The van der Waals surface area contributed by atoms with Crippen LogP contribution in [0.1, 0.15) is 5.56 Å². The first kappa shape index (κ1) is 15.3. The van der Waals surface area contributed by atoms with Crippen LogP contribution in [0.3, 0.4) is 0 Å². The van der Waals surface area contributed by atoms with Gasteiger partial charge in [0.05, 0.1) is 11.6 Å². The molecule has 2 rings (SSSR count). The largest absolute Gasteiger partial charge is 0.383 e. The smallest absolute Gasteiger partial charge is 0.192 e. The molecule has 0 spiro atoms. The average molecular weight is 310 g/mol. The minimum atomic E-state index is 0.693. The Morgan fingerprint density at radius 2 is 2.00 bits per heavy atom. The molecule has 0 saturated heterocycles. The van der Waals surface area contributed by atoms with Gasteiger partial charge in [-0.25, -0.2) is 9.97 Å². The monoisotopic (exact) mass is 309 g/mol. The summed E-state index contributed by atoms with van der Waals surface area (Å²) in [6, 6.07) is 7.67. The number of hydrogen-bond donors (Lipinski definition) is 1. The molecule has 0 aliphatic carbocycles. The molecular formula is C14H16ClN3OS. The van der Waals surface area contributed by atoms with Gasteiger partial charge in [-0.3, -0.25) is 0 Å². The van der Waals surface area contributed by atoms with E-state index in [1.165, 1.54) is 11.8 Å². The quantitative estimate of drug-likeness (QED) is 0.629. The molecule has 0 amide bonds. The van der Waals surface area contributed by atoms with Crippen LogP contribution < -0.4 is 5.32 Å². The van der Waals surface area contributed by atoms with Crippen molar-refractivity contribution in [1.29, 1.82) is 0 Å². The molecule has 0 fully saturated rings. The zero-order chi connectivity index (χ0) is 14.2. The molecule has 1 heterocycles. The molecule has 0 aliphatic heterocycles. The Balaban J connectivity index is 1.90. The second-order valence-electron chi connectivity index (χ2n) is 4.08. The Labute approximate surface area is 127 Å². The summed E-state index contributed by atoms with van der Waals surface area (Å²) in [5.74, 6) is 0. The van der Waals surface area contributed by atoms with E-state index in [0.29, 0.717) is 16.8 Å². The molecule has 0 atom stereocenters. The molecule has 1 aromatic carbocycles. The predicted octanol–water partition coefficient (Wildman–Crippen LogP) is 3.02. The molecule has 1 aromatic heterocycles. The standard InChI is InChI=1S/C14H16ClN3OS/c1-19-7-6-16-8-11-9-17-14(18-10-11)20-13-5-3-2-4-12(13)15/h2-5,9-10,16H,6-8H2,1H3. The summed E-state index contributed by atoms with van der Waals surface area (Å²) in [5.41, 5.74) is 1.05. The maximum Gasteiger partial charge on any atom is 0.192 e. The van der Waals surface area contributed by atoms with Crippen LogP contribution in [0.4, 0.5) is 0 Å². The van der Waals surface area contributed by atoms with Gasteiger partial charge in [-0.2, -0.15) is 0 Å². The first-order chi connectivity index (χ1) is 9.79. The summed E-state index contributed by atoms with van der Waals surface area (Å²) in [6.07, 6.45) is 3.65. The molecule has 0 bridgehead atoms. The van der Waals surface area contributed by atoms with E-state index in [1.807, 2.05) is 36.7 Å². The first-order valence-corrected chi connectivity index (χ1v) is 7.42. The lowest BCUT2D eigenvalue weighted by Crippen LogP contribution is -2.18. The van der Waals surface area contributed by atoms with E-state index < -0.39 is 0 Å². The highest BCUT2D eigenvalue weighted by Gasteiger charge is 2.04. The van der Waals surface area contributed by atoms with E-state index in [9.17, 15) is 0 Å². The van der Waals surface area contributed by atoms with E-state index in [-0.39, 0.29) is 0 Å². The number of halogens is 1. The third kappa shape index (κ3) is 4.76. The molecule has 1 N–H and O–H groups in total. The van der Waals surface area contributed by atoms with Crippen molar-refractivity contribution in [3.05, 3.63) is 47.2 Å². The van der Waals surface area contributed by atoms with Gasteiger partial charge >= 0.3 is 0 Å².